The first-order chi connectivity index (χ1) is 10.5. The Morgan fingerprint density at radius 3 is 2.82 bits per heavy atom. The molecule has 1 unspecified atom stereocenters. The third-order valence-electron chi connectivity index (χ3n) is 4.23. The lowest BCUT2D eigenvalue weighted by atomic mass is 9.83. The van der Waals surface area contributed by atoms with E-state index in [0.717, 1.165) is 38.0 Å². The summed E-state index contributed by atoms with van der Waals surface area (Å²) in [5.74, 6) is -0.201. The summed E-state index contributed by atoms with van der Waals surface area (Å²) in [7, 11) is 0. The highest BCUT2D eigenvalue weighted by Gasteiger charge is 2.29. The van der Waals surface area contributed by atoms with Gasteiger partial charge < -0.3 is 9.84 Å². The minimum atomic E-state index is -0.802. The summed E-state index contributed by atoms with van der Waals surface area (Å²) in [4.78, 5) is 11.4. The van der Waals surface area contributed by atoms with E-state index in [0.29, 0.717) is 6.61 Å². The Kier molecular flexibility index (Phi) is 3.96. The van der Waals surface area contributed by atoms with Crippen molar-refractivity contribution in [2.24, 2.45) is 0 Å². The quantitative estimate of drug-likeness (QED) is 0.853. The molecule has 0 saturated heterocycles. The topological polar surface area (TPSA) is 46.5 Å². The molecule has 114 valence electrons. The fourth-order valence-corrected chi connectivity index (χ4v) is 3.52. The fourth-order valence-electron chi connectivity index (χ4n) is 3.19. The Morgan fingerprint density at radius 1 is 1.36 bits per heavy atom. The Balaban J connectivity index is 2.27. The van der Waals surface area contributed by atoms with Crippen LogP contribution in [0.3, 0.4) is 0 Å². The van der Waals surface area contributed by atoms with Crippen LogP contribution < -0.4 is 4.74 Å². The molecule has 0 bridgehead atoms. The number of aryl methyl sites for hydroxylation is 1. The Morgan fingerprint density at radius 2 is 2.09 bits per heavy atom. The van der Waals surface area contributed by atoms with Gasteiger partial charge in [0.2, 0.25) is 0 Å². The molecule has 0 spiro atoms. The average molecular weight is 361 g/mol. The lowest BCUT2D eigenvalue weighted by molar-refractivity contribution is -0.137. The van der Waals surface area contributed by atoms with Gasteiger partial charge in [-0.3, -0.25) is 4.79 Å². The number of halogens is 1. The fraction of sp³-hybridized carbons (Fsp3) is 0.278. The SMILES string of the molecule is Cc1cc2c(c(C)c1Br)C(CC(=O)O)c1ccccc1CO2. The summed E-state index contributed by atoms with van der Waals surface area (Å²) in [6, 6.07) is 9.93. The van der Waals surface area contributed by atoms with E-state index < -0.39 is 5.97 Å². The smallest absolute Gasteiger partial charge is 0.304 e. The molecule has 4 heteroatoms. The number of benzene rings is 2. The molecular weight excluding hydrogens is 344 g/mol. The third-order valence-corrected chi connectivity index (χ3v) is 5.45. The molecule has 0 fully saturated rings. The van der Waals surface area contributed by atoms with Crippen molar-refractivity contribution in [3.8, 4) is 5.75 Å². The molecule has 0 aliphatic carbocycles. The van der Waals surface area contributed by atoms with E-state index in [1.807, 2.05) is 44.2 Å². The first-order valence-corrected chi connectivity index (χ1v) is 8.00. The second-order valence-electron chi connectivity index (χ2n) is 5.68. The number of hydrogen-bond acceptors (Lipinski definition) is 2. The number of fused-ring (bicyclic) bond motifs is 2. The van der Waals surface area contributed by atoms with Crippen molar-refractivity contribution >= 4 is 21.9 Å². The Hall–Kier alpha value is -1.81. The van der Waals surface area contributed by atoms with E-state index in [2.05, 4.69) is 15.9 Å². The summed E-state index contributed by atoms with van der Waals surface area (Å²) in [5.41, 5.74) is 5.22. The highest BCUT2D eigenvalue weighted by atomic mass is 79.9. The van der Waals surface area contributed by atoms with E-state index >= 15 is 0 Å². The normalized spacial score (nSPS) is 16.2. The van der Waals surface area contributed by atoms with Crippen LogP contribution >= 0.6 is 15.9 Å². The van der Waals surface area contributed by atoms with Crippen molar-refractivity contribution in [1.29, 1.82) is 0 Å². The number of carboxylic acids is 1. The van der Waals surface area contributed by atoms with Gasteiger partial charge in [-0.2, -0.15) is 0 Å². The molecule has 22 heavy (non-hydrogen) atoms. The standard InChI is InChI=1S/C18H17BrO3/c1-10-7-15-17(11(2)18(10)19)14(8-16(20)21)13-6-4-3-5-12(13)9-22-15/h3-7,14H,8-9H2,1-2H3,(H,20,21). The maximum atomic E-state index is 11.4. The summed E-state index contributed by atoms with van der Waals surface area (Å²) < 4.78 is 7.01. The number of rotatable bonds is 2. The van der Waals surface area contributed by atoms with Crippen molar-refractivity contribution < 1.29 is 14.6 Å². The van der Waals surface area contributed by atoms with Crippen LogP contribution in [0.25, 0.3) is 0 Å². The first kappa shape index (κ1) is 15.1. The second-order valence-corrected chi connectivity index (χ2v) is 6.48. The van der Waals surface area contributed by atoms with Gasteiger partial charge in [0.1, 0.15) is 12.4 Å². The third kappa shape index (κ3) is 2.52. The van der Waals surface area contributed by atoms with E-state index in [1.165, 1.54) is 0 Å². The van der Waals surface area contributed by atoms with E-state index in [1.54, 1.807) is 0 Å². The van der Waals surface area contributed by atoms with E-state index in [4.69, 9.17) is 4.74 Å². The van der Waals surface area contributed by atoms with Crippen molar-refractivity contribution in [3.05, 3.63) is 62.6 Å². The molecule has 1 heterocycles. The molecule has 0 radical (unpaired) electrons. The predicted octanol–water partition coefficient (Wildman–Crippen LogP) is 4.56. The molecule has 0 amide bonds. The van der Waals surface area contributed by atoms with Gasteiger partial charge in [-0.05, 0) is 42.2 Å². The van der Waals surface area contributed by atoms with Gasteiger partial charge in [0.05, 0.1) is 6.42 Å². The minimum absolute atomic E-state index is 0.0592. The first-order valence-electron chi connectivity index (χ1n) is 7.21. The van der Waals surface area contributed by atoms with Crippen molar-refractivity contribution in [2.45, 2.75) is 32.8 Å². The molecule has 1 aliphatic heterocycles. The Labute approximate surface area is 138 Å². The van der Waals surface area contributed by atoms with Crippen molar-refractivity contribution in [3.63, 3.8) is 0 Å². The molecule has 0 saturated carbocycles. The van der Waals surface area contributed by atoms with Gasteiger partial charge in [0, 0.05) is 16.0 Å². The summed E-state index contributed by atoms with van der Waals surface area (Å²) >= 11 is 3.61. The highest BCUT2D eigenvalue weighted by Crippen LogP contribution is 2.44. The molecule has 3 nitrogen and oxygen atoms in total. The van der Waals surface area contributed by atoms with Crippen LogP contribution in [0.4, 0.5) is 0 Å². The summed E-state index contributed by atoms with van der Waals surface area (Å²) in [6.07, 6.45) is 0.0592. The molecule has 0 aromatic heterocycles. The molecular formula is C18H17BrO3. The van der Waals surface area contributed by atoms with Gasteiger partial charge in [-0.1, -0.05) is 40.2 Å². The van der Waals surface area contributed by atoms with Crippen molar-refractivity contribution in [1.82, 2.24) is 0 Å². The monoisotopic (exact) mass is 360 g/mol. The van der Waals surface area contributed by atoms with Crippen LogP contribution in [0.1, 0.15) is 40.2 Å². The molecule has 1 aliphatic rings. The molecule has 2 aromatic rings. The average Bonchev–Trinajstić information content (AvgIpc) is 2.63. The molecule has 1 N–H and O–H groups in total. The lowest BCUT2D eigenvalue weighted by Crippen LogP contribution is -2.10. The van der Waals surface area contributed by atoms with E-state index in [-0.39, 0.29) is 12.3 Å². The zero-order valence-electron chi connectivity index (χ0n) is 12.5. The predicted molar refractivity (Wildman–Crippen MR) is 88.5 cm³/mol. The number of hydrogen-bond donors (Lipinski definition) is 1. The van der Waals surface area contributed by atoms with Gasteiger partial charge >= 0.3 is 5.97 Å². The zero-order chi connectivity index (χ0) is 15.9. The molecule has 2 aromatic carbocycles. The van der Waals surface area contributed by atoms with Crippen LogP contribution in [-0.4, -0.2) is 11.1 Å². The largest absolute Gasteiger partial charge is 0.489 e. The van der Waals surface area contributed by atoms with Crippen LogP contribution in [0, 0.1) is 13.8 Å². The lowest BCUT2D eigenvalue weighted by Gasteiger charge is -2.21. The van der Waals surface area contributed by atoms with Gasteiger partial charge in [0.15, 0.2) is 0 Å². The van der Waals surface area contributed by atoms with Gasteiger partial charge in [-0.15, -0.1) is 0 Å². The number of ether oxygens (including phenoxy) is 1. The zero-order valence-corrected chi connectivity index (χ0v) is 14.1. The maximum Gasteiger partial charge on any atom is 0.304 e. The summed E-state index contributed by atoms with van der Waals surface area (Å²) in [6.45, 7) is 4.51. The molecule has 3 rings (SSSR count). The minimum Gasteiger partial charge on any atom is -0.489 e. The summed E-state index contributed by atoms with van der Waals surface area (Å²) in [5, 5.41) is 9.37. The Bertz CT molecular complexity index is 752. The highest BCUT2D eigenvalue weighted by molar-refractivity contribution is 9.10. The van der Waals surface area contributed by atoms with Crippen LogP contribution in [0.15, 0.2) is 34.8 Å². The van der Waals surface area contributed by atoms with E-state index in [9.17, 15) is 9.90 Å². The number of carbonyl (C=O) groups is 1. The van der Waals surface area contributed by atoms with Crippen molar-refractivity contribution in [2.75, 3.05) is 0 Å². The maximum absolute atomic E-state index is 11.4. The molecule has 1 atom stereocenters. The number of aliphatic carboxylic acids is 1. The number of carboxylic acid groups (broad SMARTS) is 1. The van der Waals surface area contributed by atoms with Gasteiger partial charge in [0.25, 0.3) is 0 Å². The van der Waals surface area contributed by atoms with Crippen LogP contribution in [0.5, 0.6) is 5.75 Å². The second kappa shape index (κ2) is 5.76. The van der Waals surface area contributed by atoms with Crippen LogP contribution in [0.2, 0.25) is 0 Å². The van der Waals surface area contributed by atoms with Crippen LogP contribution in [-0.2, 0) is 11.4 Å². The van der Waals surface area contributed by atoms with Gasteiger partial charge in [-0.25, -0.2) is 0 Å².